The summed E-state index contributed by atoms with van der Waals surface area (Å²) in [4.78, 5) is 3.52. The van der Waals surface area contributed by atoms with Gasteiger partial charge in [-0.25, -0.2) is 0 Å². The van der Waals surface area contributed by atoms with E-state index in [4.69, 9.17) is 9.47 Å². The maximum absolute atomic E-state index is 6.20. The molecule has 3 nitrogen and oxygen atoms in total. The van der Waals surface area contributed by atoms with Gasteiger partial charge in [0.15, 0.2) is 11.5 Å². The fraction of sp³-hybridized carbons (Fsp3) is 0.0714. The maximum atomic E-state index is 6.20. The number of aromatic amines is 1. The molecule has 0 unspecified atom stereocenters. The van der Waals surface area contributed by atoms with E-state index in [1.807, 2.05) is 60.7 Å². The Bertz CT molecular complexity index is 1180. The van der Waals surface area contributed by atoms with Gasteiger partial charge >= 0.3 is 0 Å². The van der Waals surface area contributed by atoms with Gasteiger partial charge in [-0.1, -0.05) is 91.0 Å². The van der Waals surface area contributed by atoms with Crippen LogP contribution in [0.1, 0.15) is 11.1 Å². The molecule has 0 saturated carbocycles. The lowest BCUT2D eigenvalue weighted by Crippen LogP contribution is -2.00. The van der Waals surface area contributed by atoms with Gasteiger partial charge in [-0.05, 0) is 28.8 Å². The second-order valence-corrected chi connectivity index (χ2v) is 7.48. The molecule has 5 rings (SSSR count). The fourth-order valence-corrected chi connectivity index (χ4v) is 3.61. The number of rotatable bonds is 7. The van der Waals surface area contributed by atoms with Crippen LogP contribution in [0.5, 0.6) is 11.5 Å². The molecule has 1 N–H and O–H groups in total. The minimum absolute atomic E-state index is 0.486. The van der Waals surface area contributed by atoms with E-state index in [1.165, 1.54) is 0 Å². The lowest BCUT2D eigenvalue weighted by atomic mass is 10.1. The molecule has 5 aromatic rings. The average molecular weight is 405 g/mol. The van der Waals surface area contributed by atoms with E-state index in [1.54, 1.807) is 0 Å². The van der Waals surface area contributed by atoms with E-state index in [0.717, 1.165) is 44.8 Å². The molecule has 4 aromatic carbocycles. The summed E-state index contributed by atoms with van der Waals surface area (Å²) in [5, 5.41) is 1.09. The number of aromatic nitrogens is 1. The molecular formula is C28H23NO2. The summed E-state index contributed by atoms with van der Waals surface area (Å²) in [6, 6.07) is 36.9. The van der Waals surface area contributed by atoms with Crippen molar-refractivity contribution < 1.29 is 9.47 Å². The first-order valence-corrected chi connectivity index (χ1v) is 10.4. The van der Waals surface area contributed by atoms with Crippen LogP contribution in [0.25, 0.3) is 22.2 Å². The fourth-order valence-electron chi connectivity index (χ4n) is 3.61. The Morgan fingerprint density at radius 2 is 1.06 bits per heavy atom. The third-order valence-corrected chi connectivity index (χ3v) is 5.24. The van der Waals surface area contributed by atoms with Crippen LogP contribution in [0, 0.1) is 0 Å². The monoisotopic (exact) mass is 405 g/mol. The predicted molar refractivity (Wildman–Crippen MR) is 125 cm³/mol. The normalized spacial score (nSPS) is 10.8. The summed E-state index contributed by atoms with van der Waals surface area (Å²) in [7, 11) is 0. The van der Waals surface area contributed by atoms with Crippen LogP contribution >= 0.6 is 0 Å². The van der Waals surface area contributed by atoms with E-state index >= 15 is 0 Å². The summed E-state index contributed by atoms with van der Waals surface area (Å²) >= 11 is 0. The van der Waals surface area contributed by atoms with Crippen LogP contribution in [0.15, 0.2) is 109 Å². The summed E-state index contributed by atoms with van der Waals surface area (Å²) in [6.45, 7) is 0.976. The Hall–Kier alpha value is -3.98. The van der Waals surface area contributed by atoms with Gasteiger partial charge < -0.3 is 14.5 Å². The van der Waals surface area contributed by atoms with Gasteiger partial charge in [0, 0.05) is 22.7 Å². The highest BCUT2D eigenvalue weighted by Crippen LogP contribution is 2.35. The highest BCUT2D eigenvalue weighted by atomic mass is 16.5. The van der Waals surface area contributed by atoms with Crippen molar-refractivity contribution in [1.29, 1.82) is 0 Å². The third-order valence-electron chi connectivity index (χ3n) is 5.24. The first kappa shape index (κ1) is 19.0. The van der Waals surface area contributed by atoms with E-state index in [0.29, 0.717) is 13.2 Å². The highest BCUT2D eigenvalue weighted by molar-refractivity contribution is 5.88. The molecule has 0 amide bonds. The van der Waals surface area contributed by atoms with Crippen LogP contribution in [0.3, 0.4) is 0 Å². The number of benzene rings is 4. The zero-order valence-corrected chi connectivity index (χ0v) is 17.1. The predicted octanol–water partition coefficient (Wildman–Crippen LogP) is 6.99. The quantitative estimate of drug-likeness (QED) is 0.316. The largest absolute Gasteiger partial charge is 0.485 e. The minimum atomic E-state index is 0.486. The Morgan fingerprint density at radius 3 is 1.65 bits per heavy atom. The van der Waals surface area contributed by atoms with E-state index < -0.39 is 0 Å². The molecule has 1 heterocycles. The van der Waals surface area contributed by atoms with Crippen molar-refractivity contribution in [3.05, 3.63) is 120 Å². The molecule has 0 spiro atoms. The molecule has 31 heavy (non-hydrogen) atoms. The van der Waals surface area contributed by atoms with E-state index in [-0.39, 0.29) is 0 Å². The number of H-pyrrole nitrogens is 1. The SMILES string of the molecule is c1ccc(COc2cc3cc(-c4ccccc4)[nH]c3cc2OCc2ccccc2)cc1. The smallest absolute Gasteiger partial charge is 0.163 e. The molecular weight excluding hydrogens is 382 g/mol. The molecule has 0 aliphatic rings. The number of hydrogen-bond donors (Lipinski definition) is 1. The topological polar surface area (TPSA) is 34.2 Å². The number of nitrogens with one attached hydrogen (secondary N) is 1. The average Bonchev–Trinajstić information content (AvgIpc) is 3.26. The molecule has 0 aliphatic heterocycles. The molecule has 0 atom stereocenters. The van der Waals surface area contributed by atoms with Crippen molar-refractivity contribution >= 4 is 10.9 Å². The number of ether oxygens (including phenoxy) is 2. The van der Waals surface area contributed by atoms with E-state index in [2.05, 4.69) is 53.5 Å². The van der Waals surface area contributed by atoms with Gasteiger partial charge in [0.2, 0.25) is 0 Å². The van der Waals surface area contributed by atoms with Gasteiger partial charge in [0.25, 0.3) is 0 Å². The van der Waals surface area contributed by atoms with Crippen molar-refractivity contribution in [2.24, 2.45) is 0 Å². The van der Waals surface area contributed by atoms with Crippen LogP contribution < -0.4 is 9.47 Å². The highest BCUT2D eigenvalue weighted by Gasteiger charge is 2.12. The summed E-state index contributed by atoms with van der Waals surface area (Å²) in [6.07, 6.45) is 0. The first-order chi connectivity index (χ1) is 15.3. The zero-order chi connectivity index (χ0) is 20.9. The lowest BCUT2D eigenvalue weighted by molar-refractivity contribution is 0.256. The molecule has 0 radical (unpaired) electrons. The van der Waals surface area contributed by atoms with Crippen molar-refractivity contribution in [2.45, 2.75) is 13.2 Å². The third kappa shape index (κ3) is 4.46. The summed E-state index contributed by atoms with van der Waals surface area (Å²) in [5.74, 6) is 1.47. The second kappa shape index (κ2) is 8.80. The molecule has 0 aliphatic carbocycles. The van der Waals surface area contributed by atoms with Crippen LogP contribution in [0.2, 0.25) is 0 Å². The van der Waals surface area contributed by atoms with Gasteiger partial charge in [0.1, 0.15) is 13.2 Å². The van der Waals surface area contributed by atoms with Crippen molar-refractivity contribution in [1.82, 2.24) is 4.98 Å². The van der Waals surface area contributed by atoms with Gasteiger partial charge in [-0.2, -0.15) is 0 Å². The molecule has 0 bridgehead atoms. The summed E-state index contributed by atoms with van der Waals surface area (Å²) in [5.41, 5.74) is 5.49. The molecule has 0 fully saturated rings. The van der Waals surface area contributed by atoms with Gasteiger partial charge in [-0.3, -0.25) is 0 Å². The minimum Gasteiger partial charge on any atom is -0.485 e. The van der Waals surface area contributed by atoms with E-state index in [9.17, 15) is 0 Å². The number of hydrogen-bond acceptors (Lipinski definition) is 2. The van der Waals surface area contributed by atoms with Crippen molar-refractivity contribution in [3.63, 3.8) is 0 Å². The van der Waals surface area contributed by atoms with Crippen LogP contribution in [-0.4, -0.2) is 4.98 Å². The Balaban J connectivity index is 1.47. The zero-order valence-electron chi connectivity index (χ0n) is 17.1. The lowest BCUT2D eigenvalue weighted by Gasteiger charge is -2.13. The maximum Gasteiger partial charge on any atom is 0.163 e. The van der Waals surface area contributed by atoms with Crippen molar-refractivity contribution in [2.75, 3.05) is 0 Å². The summed E-state index contributed by atoms with van der Waals surface area (Å²) < 4.78 is 12.4. The molecule has 1 aromatic heterocycles. The van der Waals surface area contributed by atoms with Gasteiger partial charge in [0.05, 0.1) is 0 Å². The standard InChI is InChI=1S/C28H23NO2/c1-4-10-21(11-5-1)19-30-27-17-24-16-25(23-14-8-3-9-15-23)29-26(24)18-28(27)31-20-22-12-6-2-7-13-22/h1-18,29H,19-20H2. The first-order valence-electron chi connectivity index (χ1n) is 10.4. The second-order valence-electron chi connectivity index (χ2n) is 7.48. The van der Waals surface area contributed by atoms with Crippen LogP contribution in [0.4, 0.5) is 0 Å². The van der Waals surface area contributed by atoms with Crippen molar-refractivity contribution in [3.8, 4) is 22.8 Å². The Morgan fingerprint density at radius 1 is 0.548 bits per heavy atom. The number of fused-ring (bicyclic) bond motifs is 1. The molecule has 0 saturated heterocycles. The molecule has 3 heteroatoms. The Kier molecular flexibility index (Phi) is 5.40. The Labute approximate surface area is 181 Å². The van der Waals surface area contributed by atoms with Gasteiger partial charge in [-0.15, -0.1) is 0 Å². The molecule has 152 valence electrons. The van der Waals surface area contributed by atoms with Crippen LogP contribution in [-0.2, 0) is 13.2 Å².